The maximum atomic E-state index is 12.9. The molecule has 3 aromatic rings. The van der Waals surface area contributed by atoms with Gasteiger partial charge in [0, 0.05) is 16.3 Å². The molecule has 4 nitrogen and oxygen atoms in total. The molecule has 31 heavy (non-hydrogen) atoms. The van der Waals surface area contributed by atoms with Gasteiger partial charge in [-0.05, 0) is 48.9 Å². The predicted molar refractivity (Wildman–Crippen MR) is 111 cm³/mol. The van der Waals surface area contributed by atoms with Crippen LogP contribution in [0.4, 0.5) is 18.9 Å². The Morgan fingerprint density at radius 3 is 2.19 bits per heavy atom. The third-order valence-electron chi connectivity index (χ3n) is 4.45. The lowest BCUT2D eigenvalue weighted by Gasteiger charge is -2.18. The molecule has 0 aliphatic heterocycles. The Morgan fingerprint density at radius 1 is 0.968 bits per heavy atom. The number of hydrogen-bond acceptors (Lipinski definition) is 3. The zero-order valence-electron chi connectivity index (χ0n) is 16.2. The predicted octanol–water partition coefficient (Wildman–Crippen LogP) is 6.20. The molecule has 0 aliphatic rings. The molecule has 3 rings (SSSR count). The third kappa shape index (κ3) is 5.64. The summed E-state index contributed by atoms with van der Waals surface area (Å²) in [6.45, 7) is 1.81. The zero-order chi connectivity index (χ0) is 22.6. The second-order valence-electron chi connectivity index (χ2n) is 6.72. The van der Waals surface area contributed by atoms with Crippen LogP contribution in [0.5, 0.6) is 0 Å². The normalized spacial score (nSPS) is 12.2. The summed E-state index contributed by atoms with van der Waals surface area (Å²) in [5.41, 5.74) is 0.636. The Morgan fingerprint density at radius 2 is 1.61 bits per heavy atom. The maximum Gasteiger partial charge on any atom is 0.416 e. The van der Waals surface area contributed by atoms with Crippen molar-refractivity contribution >= 4 is 29.2 Å². The van der Waals surface area contributed by atoms with E-state index in [1.807, 2.05) is 6.92 Å². The minimum absolute atomic E-state index is 0.111. The monoisotopic (exact) mass is 447 g/mol. The highest BCUT2D eigenvalue weighted by Crippen LogP contribution is 2.30. The van der Waals surface area contributed by atoms with E-state index in [0.717, 1.165) is 29.8 Å². The number of rotatable bonds is 5. The molecular formula is C23H17ClF3NO3. The smallest absolute Gasteiger partial charge is 0.416 e. The molecule has 0 saturated heterocycles. The summed E-state index contributed by atoms with van der Waals surface area (Å²) in [5.74, 6) is -1.56. The number of carbonyl (C=O) groups is 2. The number of nitrogens with one attached hydrogen (secondary N) is 1. The molecule has 0 radical (unpaired) electrons. The molecule has 1 amide bonds. The summed E-state index contributed by atoms with van der Waals surface area (Å²) >= 11 is 6.09. The molecule has 8 heteroatoms. The van der Waals surface area contributed by atoms with Crippen molar-refractivity contribution in [1.82, 2.24) is 0 Å². The fourth-order valence-corrected chi connectivity index (χ4v) is 2.93. The Kier molecular flexibility index (Phi) is 6.65. The SMILES string of the molecule is Cc1ccc(NC(=O)[C@H](OC(=O)c2ccc(C(F)(F)F)cc2)c2ccccc2)cc1Cl. The highest BCUT2D eigenvalue weighted by atomic mass is 35.5. The summed E-state index contributed by atoms with van der Waals surface area (Å²) in [6.07, 6.45) is -5.85. The van der Waals surface area contributed by atoms with E-state index in [9.17, 15) is 22.8 Å². The van der Waals surface area contributed by atoms with Crippen molar-refractivity contribution in [3.63, 3.8) is 0 Å². The molecular weight excluding hydrogens is 431 g/mol. The van der Waals surface area contributed by atoms with Crippen LogP contribution in [-0.2, 0) is 15.7 Å². The number of benzene rings is 3. The van der Waals surface area contributed by atoms with E-state index in [4.69, 9.17) is 16.3 Å². The first-order valence-corrected chi connectivity index (χ1v) is 9.53. The van der Waals surface area contributed by atoms with Gasteiger partial charge in [0.25, 0.3) is 5.91 Å². The molecule has 1 atom stereocenters. The molecule has 0 spiro atoms. The summed E-state index contributed by atoms with van der Waals surface area (Å²) in [6, 6.07) is 16.8. The number of anilines is 1. The molecule has 0 heterocycles. The van der Waals surface area contributed by atoms with Crippen LogP contribution in [0.25, 0.3) is 0 Å². The maximum absolute atomic E-state index is 12.9. The van der Waals surface area contributed by atoms with Gasteiger partial charge in [-0.15, -0.1) is 0 Å². The lowest BCUT2D eigenvalue weighted by Crippen LogP contribution is -2.26. The van der Waals surface area contributed by atoms with Gasteiger partial charge in [0.15, 0.2) is 0 Å². The quantitative estimate of drug-likeness (QED) is 0.473. The van der Waals surface area contributed by atoms with E-state index in [1.54, 1.807) is 48.5 Å². The first kappa shape index (κ1) is 22.4. The Hall–Kier alpha value is -3.32. The lowest BCUT2D eigenvalue weighted by molar-refractivity contribution is -0.137. The van der Waals surface area contributed by atoms with Gasteiger partial charge in [0.05, 0.1) is 11.1 Å². The van der Waals surface area contributed by atoms with Crippen molar-refractivity contribution in [3.8, 4) is 0 Å². The first-order chi connectivity index (χ1) is 14.6. The van der Waals surface area contributed by atoms with Gasteiger partial charge in [-0.2, -0.15) is 13.2 Å². The first-order valence-electron chi connectivity index (χ1n) is 9.15. The van der Waals surface area contributed by atoms with Gasteiger partial charge in [-0.25, -0.2) is 4.79 Å². The van der Waals surface area contributed by atoms with Gasteiger partial charge in [-0.1, -0.05) is 48.0 Å². The Balaban J connectivity index is 1.83. The van der Waals surface area contributed by atoms with E-state index in [0.29, 0.717) is 16.3 Å². The zero-order valence-corrected chi connectivity index (χ0v) is 17.0. The number of esters is 1. The van der Waals surface area contributed by atoms with Crippen molar-refractivity contribution in [2.45, 2.75) is 19.2 Å². The second kappa shape index (κ2) is 9.22. The van der Waals surface area contributed by atoms with Crippen LogP contribution in [0, 0.1) is 6.92 Å². The summed E-state index contributed by atoms with van der Waals surface area (Å²) in [4.78, 5) is 25.4. The summed E-state index contributed by atoms with van der Waals surface area (Å²) in [7, 11) is 0. The topological polar surface area (TPSA) is 55.4 Å². The minimum atomic E-state index is -4.52. The van der Waals surface area contributed by atoms with E-state index in [-0.39, 0.29) is 5.56 Å². The number of amides is 1. The summed E-state index contributed by atoms with van der Waals surface area (Å²) < 4.78 is 43.6. The highest BCUT2D eigenvalue weighted by molar-refractivity contribution is 6.31. The minimum Gasteiger partial charge on any atom is -0.444 e. The average molecular weight is 448 g/mol. The Labute approximate surface area is 181 Å². The van der Waals surface area contributed by atoms with Crippen LogP contribution in [-0.4, -0.2) is 11.9 Å². The molecule has 0 aromatic heterocycles. The van der Waals surface area contributed by atoms with E-state index < -0.39 is 29.7 Å². The fraction of sp³-hybridized carbons (Fsp3) is 0.130. The van der Waals surface area contributed by atoms with Gasteiger partial charge in [0.1, 0.15) is 0 Å². The van der Waals surface area contributed by atoms with E-state index in [1.165, 1.54) is 0 Å². The number of hydrogen-bond donors (Lipinski definition) is 1. The summed E-state index contributed by atoms with van der Waals surface area (Å²) in [5, 5.41) is 3.10. The number of halogens is 4. The molecule has 0 fully saturated rings. The van der Waals surface area contributed by atoms with Crippen molar-refractivity contribution in [2.75, 3.05) is 5.32 Å². The third-order valence-corrected chi connectivity index (χ3v) is 4.86. The van der Waals surface area contributed by atoms with Crippen LogP contribution in [0.1, 0.15) is 33.2 Å². The van der Waals surface area contributed by atoms with Crippen LogP contribution in [0.2, 0.25) is 5.02 Å². The van der Waals surface area contributed by atoms with Crippen LogP contribution in [0.15, 0.2) is 72.8 Å². The molecule has 0 saturated carbocycles. The van der Waals surface area contributed by atoms with Crippen molar-refractivity contribution in [3.05, 3.63) is 100 Å². The molecule has 3 aromatic carbocycles. The largest absolute Gasteiger partial charge is 0.444 e. The fourth-order valence-electron chi connectivity index (χ4n) is 2.75. The van der Waals surface area contributed by atoms with Gasteiger partial charge >= 0.3 is 12.1 Å². The van der Waals surface area contributed by atoms with Crippen LogP contribution in [0.3, 0.4) is 0 Å². The lowest BCUT2D eigenvalue weighted by atomic mass is 10.1. The standard InChI is InChI=1S/C23H17ClF3NO3/c1-14-7-12-18(13-19(14)24)28-21(29)20(15-5-3-2-4-6-15)31-22(30)16-8-10-17(11-9-16)23(25,26)27/h2-13,20H,1H3,(H,28,29)/t20-/m1/s1. The van der Waals surface area contributed by atoms with Crippen molar-refractivity contribution < 1.29 is 27.5 Å². The number of alkyl halides is 3. The number of ether oxygens (including phenoxy) is 1. The van der Waals surface area contributed by atoms with E-state index >= 15 is 0 Å². The second-order valence-corrected chi connectivity index (χ2v) is 7.13. The molecule has 0 unspecified atom stereocenters. The van der Waals surface area contributed by atoms with Gasteiger partial charge in [0.2, 0.25) is 6.10 Å². The van der Waals surface area contributed by atoms with Gasteiger partial charge < -0.3 is 10.1 Å². The molecule has 0 aliphatic carbocycles. The molecule has 0 bridgehead atoms. The van der Waals surface area contributed by atoms with Crippen molar-refractivity contribution in [1.29, 1.82) is 0 Å². The van der Waals surface area contributed by atoms with E-state index in [2.05, 4.69) is 5.32 Å². The van der Waals surface area contributed by atoms with Crippen LogP contribution < -0.4 is 5.32 Å². The van der Waals surface area contributed by atoms with Crippen molar-refractivity contribution in [2.24, 2.45) is 0 Å². The average Bonchev–Trinajstić information content (AvgIpc) is 2.74. The molecule has 160 valence electrons. The highest BCUT2D eigenvalue weighted by Gasteiger charge is 2.31. The number of aryl methyl sites for hydroxylation is 1. The Bertz CT molecular complexity index is 1080. The number of carbonyl (C=O) groups excluding carboxylic acids is 2. The molecule has 1 N–H and O–H groups in total. The van der Waals surface area contributed by atoms with Gasteiger partial charge in [-0.3, -0.25) is 4.79 Å². The van der Waals surface area contributed by atoms with Crippen LogP contribution >= 0.6 is 11.6 Å².